The Kier molecular flexibility index (Phi) is 4.18. The number of anilines is 3. The topological polar surface area (TPSA) is 21.1 Å². The van der Waals surface area contributed by atoms with Crippen molar-refractivity contribution in [2.24, 2.45) is 0 Å². The summed E-state index contributed by atoms with van der Waals surface area (Å²) in [5.41, 5.74) is 11.1. The molecule has 3 heterocycles. The second-order valence-corrected chi connectivity index (χ2v) is 12.1. The fourth-order valence-corrected chi connectivity index (χ4v) is 7.04. The molecule has 0 bridgehead atoms. The van der Waals surface area contributed by atoms with Crippen LogP contribution in [-0.2, 0) is 10.2 Å². The zero-order chi connectivity index (χ0) is 23.9. The number of hydrogen-bond acceptors (Lipinski definition) is 3. The van der Waals surface area contributed by atoms with E-state index in [0.29, 0.717) is 0 Å². The van der Waals surface area contributed by atoms with Crippen LogP contribution in [0.15, 0.2) is 96.2 Å². The molecule has 3 nitrogen and oxygen atoms in total. The monoisotopic (exact) mass is 473 g/mol. The summed E-state index contributed by atoms with van der Waals surface area (Å²) in [6.07, 6.45) is 0. The molecule has 1 aromatic heterocycles. The molecule has 172 valence electrons. The normalized spacial score (nSPS) is 16.9. The molecule has 0 atom stereocenters. The molecule has 2 aliphatic heterocycles. The molecule has 0 amide bonds. The Balaban J connectivity index is 1.48. The number of para-hydroxylation sites is 4. The minimum atomic E-state index is -0.100. The van der Waals surface area contributed by atoms with Gasteiger partial charge in [-0.25, -0.2) is 4.98 Å². The minimum Gasteiger partial charge on any atom is -0.310 e. The molecule has 7 rings (SSSR count). The first-order valence-electron chi connectivity index (χ1n) is 12.2. The number of hydrogen-bond donors (Lipinski definition) is 0. The van der Waals surface area contributed by atoms with E-state index < -0.39 is 0 Å². The lowest BCUT2D eigenvalue weighted by molar-refractivity contribution is 0.632. The highest BCUT2D eigenvalue weighted by Gasteiger charge is 2.38. The predicted octanol–water partition coefficient (Wildman–Crippen LogP) is 8.48. The molecule has 4 heteroatoms. The van der Waals surface area contributed by atoms with Crippen molar-refractivity contribution in [1.29, 1.82) is 0 Å². The molecule has 0 unspecified atom stereocenters. The minimum absolute atomic E-state index is 0.0579. The van der Waals surface area contributed by atoms with Crippen LogP contribution in [0.2, 0.25) is 0 Å². The highest BCUT2D eigenvalue weighted by Crippen LogP contribution is 2.54. The van der Waals surface area contributed by atoms with Crippen LogP contribution in [0.1, 0.15) is 44.4 Å². The number of imidazole rings is 1. The first-order valence-corrected chi connectivity index (χ1v) is 13.0. The van der Waals surface area contributed by atoms with Crippen molar-refractivity contribution in [2.75, 3.05) is 4.90 Å². The maximum atomic E-state index is 4.95. The van der Waals surface area contributed by atoms with Gasteiger partial charge in [0, 0.05) is 15.8 Å². The maximum Gasteiger partial charge on any atom is 0.174 e. The highest BCUT2D eigenvalue weighted by molar-refractivity contribution is 8.00. The molecule has 0 spiro atoms. The molecule has 0 saturated carbocycles. The Hall–Kier alpha value is -3.50. The molecule has 0 aliphatic carbocycles. The molecular weight excluding hydrogens is 446 g/mol. The van der Waals surface area contributed by atoms with Gasteiger partial charge < -0.3 is 4.90 Å². The number of rotatable bonds is 1. The number of benzene rings is 4. The highest BCUT2D eigenvalue weighted by atomic mass is 32.2. The Bertz CT molecular complexity index is 1590. The zero-order valence-corrected chi connectivity index (χ0v) is 21.2. The van der Waals surface area contributed by atoms with Crippen LogP contribution in [-0.4, -0.2) is 9.55 Å². The van der Waals surface area contributed by atoms with Crippen LogP contribution in [0.3, 0.4) is 0 Å². The standard InChI is InChI=1S/C31H27N3S/c1-30(2)21-11-5-8-14-25(21)33(26-15-9-6-12-22(26)30)20-17-18-27-23(19-20)31(3,4)35-29-32-24-13-7-10-16-28(24)34(27)29/h5-19H,1-4H3. The second-order valence-electron chi connectivity index (χ2n) is 10.5. The van der Waals surface area contributed by atoms with Crippen molar-refractivity contribution >= 4 is 39.9 Å². The third-order valence-corrected chi connectivity index (χ3v) is 8.83. The van der Waals surface area contributed by atoms with Crippen LogP contribution in [0.25, 0.3) is 16.7 Å². The zero-order valence-electron chi connectivity index (χ0n) is 20.4. The number of fused-ring (bicyclic) bond motifs is 7. The van der Waals surface area contributed by atoms with Crippen LogP contribution in [0, 0.1) is 0 Å². The van der Waals surface area contributed by atoms with E-state index in [1.165, 1.54) is 39.4 Å². The molecule has 35 heavy (non-hydrogen) atoms. The Morgan fingerprint density at radius 1 is 0.657 bits per heavy atom. The van der Waals surface area contributed by atoms with E-state index in [2.05, 4.69) is 128 Å². The molecule has 2 aliphatic rings. The molecule has 0 N–H and O–H groups in total. The quantitative estimate of drug-likeness (QED) is 0.244. The average molecular weight is 474 g/mol. The van der Waals surface area contributed by atoms with Crippen molar-refractivity contribution in [1.82, 2.24) is 9.55 Å². The first kappa shape index (κ1) is 20.8. The van der Waals surface area contributed by atoms with Gasteiger partial charge in [-0.1, -0.05) is 74.1 Å². The van der Waals surface area contributed by atoms with Gasteiger partial charge in [-0.05, 0) is 73.0 Å². The lowest BCUT2D eigenvalue weighted by Gasteiger charge is -2.42. The Morgan fingerprint density at radius 2 is 1.29 bits per heavy atom. The van der Waals surface area contributed by atoms with E-state index >= 15 is 0 Å². The summed E-state index contributed by atoms with van der Waals surface area (Å²) in [7, 11) is 0. The van der Waals surface area contributed by atoms with E-state index in [1.54, 1.807) is 0 Å². The van der Waals surface area contributed by atoms with Gasteiger partial charge in [0.15, 0.2) is 5.16 Å². The summed E-state index contributed by atoms with van der Waals surface area (Å²) in [6, 6.07) is 33.1. The van der Waals surface area contributed by atoms with Crippen LogP contribution >= 0.6 is 11.8 Å². The molecule has 5 aromatic rings. The van der Waals surface area contributed by atoms with Crippen molar-refractivity contribution in [3.8, 4) is 5.69 Å². The fraction of sp³-hybridized carbons (Fsp3) is 0.194. The van der Waals surface area contributed by atoms with E-state index in [4.69, 9.17) is 4.98 Å². The molecule has 0 radical (unpaired) electrons. The van der Waals surface area contributed by atoms with Crippen LogP contribution in [0.5, 0.6) is 0 Å². The summed E-state index contributed by atoms with van der Waals surface area (Å²) in [4.78, 5) is 7.39. The van der Waals surface area contributed by atoms with Gasteiger partial charge in [0.1, 0.15) is 0 Å². The van der Waals surface area contributed by atoms with Gasteiger partial charge in [-0.2, -0.15) is 0 Å². The predicted molar refractivity (Wildman–Crippen MR) is 147 cm³/mol. The Morgan fingerprint density at radius 3 is 2.00 bits per heavy atom. The summed E-state index contributed by atoms with van der Waals surface area (Å²) >= 11 is 1.84. The summed E-state index contributed by atoms with van der Waals surface area (Å²) in [5, 5.41) is 1.06. The number of nitrogens with zero attached hydrogens (tertiary/aromatic N) is 3. The van der Waals surface area contributed by atoms with Gasteiger partial charge in [-0.15, -0.1) is 0 Å². The van der Waals surface area contributed by atoms with Gasteiger partial charge in [0.25, 0.3) is 0 Å². The van der Waals surface area contributed by atoms with E-state index in [1.807, 2.05) is 11.8 Å². The third kappa shape index (κ3) is 2.83. The van der Waals surface area contributed by atoms with Crippen molar-refractivity contribution in [3.63, 3.8) is 0 Å². The van der Waals surface area contributed by atoms with E-state index in [0.717, 1.165) is 16.2 Å². The summed E-state index contributed by atoms with van der Waals surface area (Å²) in [5.74, 6) is 0. The van der Waals surface area contributed by atoms with Gasteiger partial charge in [-0.3, -0.25) is 4.57 Å². The molecule has 0 saturated heterocycles. The molecular formula is C31H27N3S. The van der Waals surface area contributed by atoms with Gasteiger partial charge in [0.2, 0.25) is 0 Å². The van der Waals surface area contributed by atoms with Crippen molar-refractivity contribution in [2.45, 2.75) is 43.0 Å². The average Bonchev–Trinajstić information content (AvgIpc) is 3.22. The maximum absolute atomic E-state index is 4.95. The second kappa shape index (κ2) is 7.02. The first-order chi connectivity index (χ1) is 16.9. The van der Waals surface area contributed by atoms with E-state index in [9.17, 15) is 0 Å². The summed E-state index contributed by atoms with van der Waals surface area (Å²) in [6.45, 7) is 9.29. The van der Waals surface area contributed by atoms with Crippen molar-refractivity contribution in [3.05, 3.63) is 108 Å². The number of aromatic nitrogens is 2. The SMILES string of the molecule is CC1(C)Sc2nc3ccccc3n2-c2ccc(N3c4ccccc4C(C)(C)c4ccccc43)cc21. The summed E-state index contributed by atoms with van der Waals surface area (Å²) < 4.78 is 2.22. The van der Waals surface area contributed by atoms with E-state index in [-0.39, 0.29) is 10.2 Å². The smallest absolute Gasteiger partial charge is 0.174 e. The van der Waals surface area contributed by atoms with Gasteiger partial charge in [0.05, 0.1) is 28.1 Å². The van der Waals surface area contributed by atoms with Gasteiger partial charge >= 0.3 is 0 Å². The molecule has 4 aromatic carbocycles. The third-order valence-electron chi connectivity index (χ3n) is 7.64. The largest absolute Gasteiger partial charge is 0.310 e. The Labute approximate surface area is 210 Å². The lowest BCUT2D eigenvalue weighted by Crippen LogP contribution is -2.31. The fourth-order valence-electron chi connectivity index (χ4n) is 5.88. The molecule has 0 fully saturated rings. The van der Waals surface area contributed by atoms with Crippen LogP contribution < -0.4 is 4.90 Å². The van der Waals surface area contributed by atoms with Crippen LogP contribution in [0.4, 0.5) is 17.1 Å². The van der Waals surface area contributed by atoms with Crippen molar-refractivity contribution < 1.29 is 0 Å². The lowest BCUT2D eigenvalue weighted by atomic mass is 9.73. The number of thioether (sulfide) groups is 1.